The van der Waals surface area contributed by atoms with Crippen LogP contribution in [0.4, 0.5) is 0 Å². The Morgan fingerprint density at radius 3 is 2.29 bits per heavy atom. The van der Waals surface area contributed by atoms with Crippen LogP contribution in [0, 0.1) is 0 Å². The Morgan fingerprint density at radius 1 is 1.14 bits per heavy atom. The van der Waals surface area contributed by atoms with Crippen LogP contribution < -0.4 is 5.32 Å². The molecule has 0 atom stereocenters. The summed E-state index contributed by atoms with van der Waals surface area (Å²) >= 11 is 1.65. The first-order chi connectivity index (χ1) is 10.1. The molecule has 0 spiro atoms. The van der Waals surface area contributed by atoms with E-state index in [9.17, 15) is 9.59 Å². The van der Waals surface area contributed by atoms with Crippen molar-refractivity contribution < 1.29 is 9.59 Å². The summed E-state index contributed by atoms with van der Waals surface area (Å²) in [6.07, 6.45) is 3.15. The summed E-state index contributed by atoms with van der Waals surface area (Å²) < 4.78 is 0. The first-order valence-electron chi connectivity index (χ1n) is 7.32. The van der Waals surface area contributed by atoms with Crippen molar-refractivity contribution in [3.05, 3.63) is 29.8 Å². The fourth-order valence-electron chi connectivity index (χ4n) is 2.02. The first-order valence-corrected chi connectivity index (χ1v) is 8.54. The van der Waals surface area contributed by atoms with Gasteiger partial charge in [0, 0.05) is 36.5 Å². The van der Waals surface area contributed by atoms with Crippen LogP contribution in [0.3, 0.4) is 0 Å². The van der Waals surface area contributed by atoms with Crippen LogP contribution in [0.2, 0.25) is 0 Å². The summed E-state index contributed by atoms with van der Waals surface area (Å²) in [5, 5.41) is 2.85. The van der Waals surface area contributed by atoms with Crippen LogP contribution in [0.1, 0.15) is 37.0 Å². The molecule has 1 aromatic rings. The Bertz CT molecular complexity index is 456. The SMILES string of the molecule is CCN(CC)C(=O)CCCNC(=O)c1ccc(SC)cc1. The van der Waals surface area contributed by atoms with Crippen LogP contribution in [0.5, 0.6) is 0 Å². The van der Waals surface area contributed by atoms with Crippen LogP contribution in [-0.4, -0.2) is 42.6 Å². The van der Waals surface area contributed by atoms with Crippen molar-refractivity contribution in [3.63, 3.8) is 0 Å². The molecule has 0 aliphatic heterocycles. The van der Waals surface area contributed by atoms with Gasteiger partial charge in [-0.15, -0.1) is 11.8 Å². The van der Waals surface area contributed by atoms with E-state index in [0.29, 0.717) is 24.9 Å². The molecule has 0 saturated heterocycles. The van der Waals surface area contributed by atoms with E-state index in [4.69, 9.17) is 0 Å². The van der Waals surface area contributed by atoms with Crippen molar-refractivity contribution in [2.24, 2.45) is 0 Å². The molecule has 0 bridgehead atoms. The molecule has 0 aromatic heterocycles. The molecule has 1 aromatic carbocycles. The minimum Gasteiger partial charge on any atom is -0.352 e. The van der Waals surface area contributed by atoms with E-state index < -0.39 is 0 Å². The second-order valence-electron chi connectivity index (χ2n) is 4.65. The van der Waals surface area contributed by atoms with Crippen molar-refractivity contribution in [2.45, 2.75) is 31.6 Å². The predicted molar refractivity (Wildman–Crippen MR) is 87.7 cm³/mol. The maximum atomic E-state index is 11.9. The Labute approximate surface area is 131 Å². The van der Waals surface area contributed by atoms with Crippen LogP contribution >= 0.6 is 11.8 Å². The second-order valence-corrected chi connectivity index (χ2v) is 5.53. The number of benzene rings is 1. The second kappa shape index (κ2) is 9.45. The number of rotatable bonds is 8. The van der Waals surface area contributed by atoms with Crippen LogP contribution in [0.25, 0.3) is 0 Å². The highest BCUT2D eigenvalue weighted by atomic mass is 32.2. The Hall–Kier alpha value is -1.49. The van der Waals surface area contributed by atoms with Crippen LogP contribution in [-0.2, 0) is 4.79 Å². The average Bonchev–Trinajstić information content (AvgIpc) is 2.52. The normalized spacial score (nSPS) is 10.2. The molecule has 4 nitrogen and oxygen atoms in total. The lowest BCUT2D eigenvalue weighted by molar-refractivity contribution is -0.130. The molecule has 0 heterocycles. The van der Waals surface area contributed by atoms with E-state index in [1.54, 1.807) is 11.8 Å². The van der Waals surface area contributed by atoms with Gasteiger partial charge in [0.2, 0.25) is 5.91 Å². The van der Waals surface area contributed by atoms with Crippen LogP contribution in [0.15, 0.2) is 29.2 Å². The molecular formula is C16H24N2O2S. The molecule has 0 aliphatic rings. The number of hydrogen-bond donors (Lipinski definition) is 1. The van der Waals surface area contributed by atoms with Crippen molar-refractivity contribution in [1.82, 2.24) is 10.2 Å². The van der Waals surface area contributed by atoms with Gasteiger partial charge in [0.1, 0.15) is 0 Å². The topological polar surface area (TPSA) is 49.4 Å². The number of thioether (sulfide) groups is 1. The molecule has 0 unspecified atom stereocenters. The molecule has 21 heavy (non-hydrogen) atoms. The lowest BCUT2D eigenvalue weighted by atomic mass is 10.2. The Balaban J connectivity index is 2.31. The molecule has 0 radical (unpaired) electrons. The molecule has 0 aliphatic carbocycles. The molecule has 5 heteroatoms. The highest BCUT2D eigenvalue weighted by Gasteiger charge is 2.09. The minimum atomic E-state index is -0.0852. The van der Waals surface area contributed by atoms with Crippen molar-refractivity contribution in [2.75, 3.05) is 25.9 Å². The number of carbonyl (C=O) groups is 2. The first kappa shape index (κ1) is 17.6. The lowest BCUT2D eigenvalue weighted by Crippen LogP contribution is -2.31. The Morgan fingerprint density at radius 2 is 1.76 bits per heavy atom. The van der Waals surface area contributed by atoms with Gasteiger partial charge in [-0.2, -0.15) is 0 Å². The van der Waals surface area contributed by atoms with Gasteiger partial charge in [-0.1, -0.05) is 0 Å². The fraction of sp³-hybridized carbons (Fsp3) is 0.500. The number of carbonyl (C=O) groups excluding carboxylic acids is 2. The molecule has 1 N–H and O–H groups in total. The van der Waals surface area contributed by atoms with E-state index in [1.807, 2.05) is 49.3 Å². The summed E-state index contributed by atoms with van der Waals surface area (Å²) in [6.45, 7) is 5.95. The van der Waals surface area contributed by atoms with Gasteiger partial charge in [-0.25, -0.2) is 0 Å². The summed E-state index contributed by atoms with van der Waals surface area (Å²) in [6, 6.07) is 7.51. The number of hydrogen-bond acceptors (Lipinski definition) is 3. The largest absolute Gasteiger partial charge is 0.352 e. The monoisotopic (exact) mass is 308 g/mol. The summed E-state index contributed by atoms with van der Waals surface area (Å²) in [5.74, 6) is 0.0662. The third-order valence-electron chi connectivity index (χ3n) is 3.32. The third kappa shape index (κ3) is 5.79. The predicted octanol–water partition coefficient (Wildman–Crippen LogP) is 2.79. The summed E-state index contributed by atoms with van der Waals surface area (Å²) in [4.78, 5) is 26.7. The maximum Gasteiger partial charge on any atom is 0.251 e. The zero-order chi connectivity index (χ0) is 15.7. The van der Waals surface area contributed by atoms with Crippen molar-refractivity contribution in [3.8, 4) is 0 Å². The fourth-order valence-corrected chi connectivity index (χ4v) is 2.43. The number of nitrogens with one attached hydrogen (secondary N) is 1. The van der Waals surface area contributed by atoms with E-state index >= 15 is 0 Å². The van der Waals surface area contributed by atoms with Gasteiger partial charge in [-0.3, -0.25) is 9.59 Å². The molecule has 116 valence electrons. The van der Waals surface area contributed by atoms with Gasteiger partial charge < -0.3 is 10.2 Å². The molecule has 1 rings (SSSR count). The van der Waals surface area contributed by atoms with E-state index in [-0.39, 0.29) is 11.8 Å². The van der Waals surface area contributed by atoms with Gasteiger partial charge in [-0.05, 0) is 50.8 Å². The van der Waals surface area contributed by atoms with Crippen molar-refractivity contribution >= 4 is 23.6 Å². The molecular weight excluding hydrogens is 284 g/mol. The highest BCUT2D eigenvalue weighted by Crippen LogP contribution is 2.14. The van der Waals surface area contributed by atoms with E-state index in [0.717, 1.165) is 18.0 Å². The maximum absolute atomic E-state index is 11.9. The quantitative estimate of drug-likeness (QED) is 0.593. The Kier molecular flexibility index (Phi) is 7.90. The zero-order valence-corrected chi connectivity index (χ0v) is 13.8. The highest BCUT2D eigenvalue weighted by molar-refractivity contribution is 7.98. The smallest absolute Gasteiger partial charge is 0.251 e. The van der Waals surface area contributed by atoms with Gasteiger partial charge in [0.25, 0.3) is 5.91 Å². The standard InChI is InChI=1S/C16H24N2O2S/c1-4-18(5-2)15(19)7-6-12-17-16(20)13-8-10-14(21-3)11-9-13/h8-11H,4-7,12H2,1-3H3,(H,17,20). The summed E-state index contributed by atoms with van der Waals surface area (Å²) in [7, 11) is 0. The number of amides is 2. The zero-order valence-electron chi connectivity index (χ0n) is 13.0. The molecule has 0 fully saturated rings. The van der Waals surface area contributed by atoms with Gasteiger partial charge >= 0.3 is 0 Å². The van der Waals surface area contributed by atoms with E-state index in [1.165, 1.54) is 0 Å². The minimum absolute atomic E-state index is 0.0852. The third-order valence-corrected chi connectivity index (χ3v) is 4.06. The van der Waals surface area contributed by atoms with Gasteiger partial charge in [0.15, 0.2) is 0 Å². The lowest BCUT2D eigenvalue weighted by Gasteiger charge is -2.18. The molecule has 0 saturated carbocycles. The van der Waals surface area contributed by atoms with Crippen molar-refractivity contribution in [1.29, 1.82) is 0 Å². The number of nitrogens with zero attached hydrogens (tertiary/aromatic N) is 1. The summed E-state index contributed by atoms with van der Waals surface area (Å²) in [5.41, 5.74) is 0.655. The molecule has 2 amide bonds. The van der Waals surface area contributed by atoms with Gasteiger partial charge in [0.05, 0.1) is 0 Å². The average molecular weight is 308 g/mol. The van der Waals surface area contributed by atoms with E-state index in [2.05, 4.69) is 5.32 Å².